The Balaban J connectivity index is 3.07. The van der Waals surface area contributed by atoms with Crippen LogP contribution in [0.1, 0.15) is 23.7 Å². The minimum atomic E-state index is -1.09. The molecule has 0 bridgehead atoms. The number of hydrogen-bond donors (Lipinski definition) is 2. The van der Waals surface area contributed by atoms with Crippen molar-refractivity contribution in [2.75, 3.05) is 0 Å². The molecule has 17 heavy (non-hydrogen) atoms. The van der Waals surface area contributed by atoms with Gasteiger partial charge in [0.25, 0.3) is 0 Å². The Labute approximate surface area is 108 Å². The van der Waals surface area contributed by atoms with Crippen molar-refractivity contribution in [1.29, 1.82) is 0 Å². The molecule has 0 aromatic heterocycles. The summed E-state index contributed by atoms with van der Waals surface area (Å²) in [5.41, 5.74) is 0.0686. The molecule has 6 heteroatoms. The van der Waals surface area contributed by atoms with Crippen LogP contribution in [-0.2, 0) is 4.79 Å². The molecule has 0 radical (unpaired) electrons. The van der Waals surface area contributed by atoms with Crippen molar-refractivity contribution in [3.8, 4) is 0 Å². The topological polar surface area (TPSA) is 74.6 Å². The molecule has 92 valence electrons. The molecule has 0 spiro atoms. The van der Waals surface area contributed by atoms with Gasteiger partial charge >= 0.3 is 11.9 Å². The highest BCUT2D eigenvalue weighted by atomic mass is 35.5. The summed E-state index contributed by atoms with van der Waals surface area (Å²) in [5.74, 6) is -2.06. The molecule has 0 aliphatic carbocycles. The number of carboxylic acid groups (broad SMARTS) is 2. The fourth-order valence-corrected chi connectivity index (χ4v) is 2.52. The highest BCUT2D eigenvalue weighted by Crippen LogP contribution is 2.31. The smallest absolute Gasteiger partial charge is 0.336 e. The lowest BCUT2D eigenvalue weighted by Gasteiger charge is -2.11. The summed E-state index contributed by atoms with van der Waals surface area (Å²) < 4.78 is 0. The molecule has 0 saturated carbocycles. The van der Waals surface area contributed by atoms with E-state index in [1.807, 2.05) is 0 Å². The van der Waals surface area contributed by atoms with Crippen LogP contribution in [0.15, 0.2) is 23.1 Å². The van der Waals surface area contributed by atoms with E-state index in [4.69, 9.17) is 21.8 Å². The molecule has 1 rings (SSSR count). The average molecular weight is 275 g/mol. The Morgan fingerprint density at radius 3 is 2.53 bits per heavy atom. The maximum atomic E-state index is 11.0. The van der Waals surface area contributed by atoms with E-state index < -0.39 is 17.2 Å². The summed E-state index contributed by atoms with van der Waals surface area (Å²) in [7, 11) is 0. The highest BCUT2D eigenvalue weighted by Gasteiger charge is 2.20. The molecule has 1 atom stereocenters. The third-order valence-electron chi connectivity index (χ3n) is 2.09. The number of aliphatic carboxylic acids is 1. The molecule has 0 fully saturated rings. The van der Waals surface area contributed by atoms with Crippen molar-refractivity contribution < 1.29 is 19.8 Å². The number of halogens is 1. The summed E-state index contributed by atoms with van der Waals surface area (Å²) in [6.45, 7) is 1.73. The van der Waals surface area contributed by atoms with Crippen molar-refractivity contribution in [1.82, 2.24) is 0 Å². The number of benzene rings is 1. The Hall–Kier alpha value is -1.20. The van der Waals surface area contributed by atoms with E-state index in [1.165, 1.54) is 18.2 Å². The normalized spacial score (nSPS) is 12.1. The second-order valence-electron chi connectivity index (χ2n) is 3.30. The van der Waals surface area contributed by atoms with Gasteiger partial charge in [-0.15, -0.1) is 11.8 Å². The first kappa shape index (κ1) is 13.9. The Morgan fingerprint density at radius 1 is 1.41 bits per heavy atom. The average Bonchev–Trinajstić information content (AvgIpc) is 2.25. The molecule has 2 N–H and O–H groups in total. The fourth-order valence-electron chi connectivity index (χ4n) is 1.23. The fraction of sp³-hybridized carbons (Fsp3) is 0.273. The third kappa shape index (κ3) is 3.64. The molecule has 0 saturated heterocycles. The summed E-state index contributed by atoms with van der Waals surface area (Å²) in [6, 6.07) is 4.32. The third-order valence-corrected chi connectivity index (χ3v) is 3.74. The summed E-state index contributed by atoms with van der Waals surface area (Å²) in [4.78, 5) is 22.2. The predicted molar refractivity (Wildman–Crippen MR) is 66.0 cm³/mol. The first-order valence-corrected chi connectivity index (χ1v) is 6.13. The molecule has 1 unspecified atom stereocenters. The van der Waals surface area contributed by atoms with Gasteiger partial charge in [0, 0.05) is 9.92 Å². The van der Waals surface area contributed by atoms with Crippen LogP contribution in [0.2, 0.25) is 5.02 Å². The van der Waals surface area contributed by atoms with Gasteiger partial charge in [-0.1, -0.05) is 18.5 Å². The van der Waals surface area contributed by atoms with Gasteiger partial charge in [0.05, 0.1) is 5.56 Å². The predicted octanol–water partition coefficient (Wildman–Crippen LogP) is 2.99. The lowest BCUT2D eigenvalue weighted by atomic mass is 10.2. The Kier molecular flexibility index (Phi) is 4.84. The number of rotatable bonds is 5. The number of aromatic carboxylic acids is 1. The molecule has 0 aliphatic heterocycles. The van der Waals surface area contributed by atoms with Gasteiger partial charge in [-0.05, 0) is 24.6 Å². The van der Waals surface area contributed by atoms with Crippen LogP contribution >= 0.6 is 23.4 Å². The monoisotopic (exact) mass is 274 g/mol. The summed E-state index contributed by atoms with van der Waals surface area (Å²) in [5, 5.41) is 17.6. The lowest BCUT2D eigenvalue weighted by molar-refractivity contribution is -0.136. The van der Waals surface area contributed by atoms with Crippen LogP contribution in [0, 0.1) is 0 Å². The van der Waals surface area contributed by atoms with E-state index in [1.54, 1.807) is 6.92 Å². The SMILES string of the molecule is CCC(Sc1cc(Cl)ccc1C(=O)O)C(=O)O. The first-order chi connectivity index (χ1) is 7.95. The van der Waals surface area contributed by atoms with Gasteiger partial charge in [-0.2, -0.15) is 0 Å². The van der Waals surface area contributed by atoms with E-state index in [-0.39, 0.29) is 5.56 Å². The second-order valence-corrected chi connectivity index (χ2v) is 4.98. The van der Waals surface area contributed by atoms with Gasteiger partial charge in [0.15, 0.2) is 0 Å². The standard InChI is InChI=1S/C11H11ClO4S/c1-2-8(11(15)16)17-9-5-6(12)3-4-7(9)10(13)14/h3-5,8H,2H2,1H3,(H,13,14)(H,15,16). The van der Waals surface area contributed by atoms with Crippen LogP contribution in [0.4, 0.5) is 0 Å². The molecule has 0 amide bonds. The van der Waals surface area contributed by atoms with E-state index >= 15 is 0 Å². The van der Waals surface area contributed by atoms with E-state index in [9.17, 15) is 9.59 Å². The van der Waals surface area contributed by atoms with Crippen molar-refractivity contribution in [2.45, 2.75) is 23.5 Å². The summed E-state index contributed by atoms with van der Waals surface area (Å²) in [6.07, 6.45) is 0.408. The van der Waals surface area contributed by atoms with Crippen LogP contribution in [0.25, 0.3) is 0 Å². The van der Waals surface area contributed by atoms with Crippen molar-refractivity contribution in [2.24, 2.45) is 0 Å². The molecule has 0 heterocycles. The lowest BCUT2D eigenvalue weighted by Crippen LogP contribution is -2.15. The molecule has 4 nitrogen and oxygen atoms in total. The van der Waals surface area contributed by atoms with Crippen LogP contribution < -0.4 is 0 Å². The minimum absolute atomic E-state index is 0.0686. The largest absolute Gasteiger partial charge is 0.480 e. The van der Waals surface area contributed by atoms with Crippen LogP contribution in [0.5, 0.6) is 0 Å². The Morgan fingerprint density at radius 2 is 2.06 bits per heavy atom. The van der Waals surface area contributed by atoms with Crippen molar-refractivity contribution >= 4 is 35.3 Å². The number of thioether (sulfide) groups is 1. The van der Waals surface area contributed by atoms with E-state index in [0.717, 1.165) is 11.8 Å². The molecular formula is C11H11ClO4S. The number of carbonyl (C=O) groups is 2. The van der Waals surface area contributed by atoms with E-state index in [0.29, 0.717) is 16.3 Å². The van der Waals surface area contributed by atoms with Gasteiger partial charge in [0.2, 0.25) is 0 Å². The molecular weight excluding hydrogens is 264 g/mol. The molecule has 1 aromatic rings. The van der Waals surface area contributed by atoms with Crippen LogP contribution in [-0.4, -0.2) is 27.4 Å². The van der Waals surface area contributed by atoms with Gasteiger partial charge in [-0.25, -0.2) is 4.79 Å². The molecule has 1 aromatic carbocycles. The number of carboxylic acids is 2. The zero-order valence-electron chi connectivity index (χ0n) is 9.01. The minimum Gasteiger partial charge on any atom is -0.480 e. The zero-order valence-corrected chi connectivity index (χ0v) is 10.6. The maximum Gasteiger partial charge on any atom is 0.336 e. The van der Waals surface area contributed by atoms with E-state index in [2.05, 4.69) is 0 Å². The maximum absolute atomic E-state index is 11.0. The quantitative estimate of drug-likeness (QED) is 0.808. The van der Waals surface area contributed by atoms with Gasteiger partial charge in [-0.3, -0.25) is 4.79 Å². The van der Waals surface area contributed by atoms with Crippen molar-refractivity contribution in [3.05, 3.63) is 28.8 Å². The first-order valence-electron chi connectivity index (χ1n) is 4.88. The zero-order chi connectivity index (χ0) is 13.0. The van der Waals surface area contributed by atoms with Gasteiger partial charge in [0.1, 0.15) is 5.25 Å². The highest BCUT2D eigenvalue weighted by molar-refractivity contribution is 8.00. The van der Waals surface area contributed by atoms with Gasteiger partial charge < -0.3 is 10.2 Å². The van der Waals surface area contributed by atoms with Crippen molar-refractivity contribution in [3.63, 3.8) is 0 Å². The second kappa shape index (κ2) is 5.93. The Bertz CT molecular complexity index is 447. The molecule has 0 aliphatic rings. The number of hydrogen-bond acceptors (Lipinski definition) is 3. The summed E-state index contributed by atoms with van der Waals surface area (Å²) >= 11 is 6.78. The van der Waals surface area contributed by atoms with Crippen LogP contribution in [0.3, 0.4) is 0 Å².